The topological polar surface area (TPSA) is 95.2 Å². The predicted octanol–water partition coefficient (Wildman–Crippen LogP) is 3.33. The molecule has 0 unspecified atom stereocenters. The molecule has 0 fully saturated rings. The number of rotatable bonds is 5. The Morgan fingerprint density at radius 1 is 1.19 bits per heavy atom. The number of H-pyrrole nitrogens is 2. The first-order valence-corrected chi connectivity index (χ1v) is 8.34. The van der Waals surface area contributed by atoms with Crippen LogP contribution in [0.15, 0.2) is 65.9 Å². The van der Waals surface area contributed by atoms with Crippen molar-refractivity contribution in [3.63, 3.8) is 0 Å². The van der Waals surface area contributed by atoms with Gasteiger partial charge in [0.2, 0.25) is 0 Å². The molecule has 2 aromatic heterocycles. The zero-order valence-electron chi connectivity index (χ0n) is 14.6. The molecule has 0 saturated carbocycles. The lowest BCUT2D eigenvalue weighted by molar-refractivity contribution is 0.0950. The third kappa shape index (κ3) is 3.43. The number of ether oxygens (including phenoxy) is 1. The first-order chi connectivity index (χ1) is 13.2. The minimum absolute atomic E-state index is 0.330. The lowest BCUT2D eigenvalue weighted by Crippen LogP contribution is -2.17. The molecule has 4 aromatic rings. The van der Waals surface area contributed by atoms with Gasteiger partial charge in [-0.05, 0) is 36.4 Å². The summed E-state index contributed by atoms with van der Waals surface area (Å²) in [5.74, 6) is 0.400. The number of benzene rings is 2. The molecule has 1 amide bonds. The van der Waals surface area contributed by atoms with Crippen LogP contribution in [0.4, 0.5) is 0 Å². The Balaban J connectivity index is 1.45. The van der Waals surface area contributed by atoms with Crippen LogP contribution in [0.2, 0.25) is 0 Å². The second-order valence-electron chi connectivity index (χ2n) is 5.88. The van der Waals surface area contributed by atoms with Crippen molar-refractivity contribution < 1.29 is 9.53 Å². The van der Waals surface area contributed by atoms with Gasteiger partial charge < -0.3 is 9.72 Å². The van der Waals surface area contributed by atoms with E-state index >= 15 is 0 Å². The fourth-order valence-corrected chi connectivity index (χ4v) is 2.77. The monoisotopic (exact) mass is 359 g/mol. The summed E-state index contributed by atoms with van der Waals surface area (Å²) in [6.07, 6.45) is 3.45. The lowest BCUT2D eigenvalue weighted by Gasteiger charge is -2.00. The summed E-state index contributed by atoms with van der Waals surface area (Å²) in [5.41, 5.74) is 6.31. The minimum atomic E-state index is -0.363. The first kappa shape index (κ1) is 16.6. The maximum Gasteiger partial charge on any atom is 0.289 e. The van der Waals surface area contributed by atoms with Crippen LogP contribution in [-0.2, 0) is 0 Å². The van der Waals surface area contributed by atoms with Gasteiger partial charge in [-0.3, -0.25) is 9.89 Å². The van der Waals surface area contributed by atoms with E-state index in [1.54, 1.807) is 19.4 Å². The highest BCUT2D eigenvalue weighted by atomic mass is 16.5. The zero-order chi connectivity index (χ0) is 18.6. The van der Waals surface area contributed by atoms with E-state index in [1.807, 2.05) is 54.7 Å². The number of hydrogen-bond donors (Lipinski definition) is 3. The maximum atomic E-state index is 12.3. The van der Waals surface area contributed by atoms with Crippen LogP contribution in [0.5, 0.6) is 5.75 Å². The third-order valence-electron chi connectivity index (χ3n) is 4.20. The number of para-hydroxylation sites is 1. The average Bonchev–Trinajstić information content (AvgIpc) is 3.36. The standard InChI is InChI=1S/C20H17N5O2/c1-27-15-8-6-13(7-9-15)18-10-19(24-23-18)20(26)25-22-12-14-11-21-17-5-3-2-4-16(14)17/h2-12,21H,1H3,(H,23,24)(H,25,26)/b22-12-. The van der Waals surface area contributed by atoms with Gasteiger partial charge in [0.1, 0.15) is 11.4 Å². The van der Waals surface area contributed by atoms with E-state index in [9.17, 15) is 4.79 Å². The highest BCUT2D eigenvalue weighted by molar-refractivity contribution is 6.00. The molecule has 0 spiro atoms. The molecule has 0 aliphatic heterocycles. The normalized spacial score (nSPS) is 11.1. The molecule has 3 N–H and O–H groups in total. The highest BCUT2D eigenvalue weighted by Crippen LogP contribution is 2.21. The number of methoxy groups -OCH3 is 1. The molecule has 0 radical (unpaired) electrons. The van der Waals surface area contributed by atoms with E-state index in [4.69, 9.17) is 4.74 Å². The maximum absolute atomic E-state index is 12.3. The van der Waals surface area contributed by atoms with Gasteiger partial charge >= 0.3 is 0 Å². The van der Waals surface area contributed by atoms with Gasteiger partial charge in [0.15, 0.2) is 0 Å². The molecule has 2 aromatic carbocycles. The van der Waals surface area contributed by atoms with Gasteiger partial charge in [-0.1, -0.05) is 18.2 Å². The molecule has 0 aliphatic carbocycles. The average molecular weight is 359 g/mol. The predicted molar refractivity (Wildman–Crippen MR) is 104 cm³/mol. The van der Waals surface area contributed by atoms with E-state index in [2.05, 4.69) is 25.7 Å². The quantitative estimate of drug-likeness (QED) is 0.377. The van der Waals surface area contributed by atoms with Gasteiger partial charge in [0.05, 0.1) is 19.0 Å². The summed E-state index contributed by atoms with van der Waals surface area (Å²) in [6, 6.07) is 17.0. The van der Waals surface area contributed by atoms with E-state index in [0.29, 0.717) is 11.4 Å². The Morgan fingerprint density at radius 3 is 2.81 bits per heavy atom. The van der Waals surface area contributed by atoms with Gasteiger partial charge in [0.25, 0.3) is 5.91 Å². The smallest absolute Gasteiger partial charge is 0.289 e. The Hall–Kier alpha value is -3.87. The Morgan fingerprint density at radius 2 is 2.00 bits per heavy atom. The molecule has 0 saturated heterocycles. The summed E-state index contributed by atoms with van der Waals surface area (Å²) in [5, 5.41) is 12.0. The molecule has 27 heavy (non-hydrogen) atoms. The number of carbonyl (C=O) groups excluding carboxylic acids is 1. The van der Waals surface area contributed by atoms with Crippen molar-refractivity contribution in [1.82, 2.24) is 20.6 Å². The van der Waals surface area contributed by atoms with Crippen LogP contribution in [0, 0.1) is 0 Å². The second-order valence-corrected chi connectivity index (χ2v) is 5.88. The zero-order valence-corrected chi connectivity index (χ0v) is 14.6. The first-order valence-electron chi connectivity index (χ1n) is 8.34. The van der Waals surface area contributed by atoms with Crippen LogP contribution in [-0.4, -0.2) is 34.4 Å². The molecular weight excluding hydrogens is 342 g/mol. The fraction of sp³-hybridized carbons (Fsp3) is 0.0500. The molecule has 0 bridgehead atoms. The number of carbonyl (C=O) groups is 1. The van der Waals surface area contributed by atoms with Crippen molar-refractivity contribution >= 4 is 23.0 Å². The van der Waals surface area contributed by atoms with Crippen molar-refractivity contribution in [2.24, 2.45) is 5.10 Å². The Bertz CT molecular complexity index is 1110. The number of nitrogens with one attached hydrogen (secondary N) is 3. The molecule has 7 heteroatoms. The van der Waals surface area contributed by atoms with Crippen molar-refractivity contribution in [1.29, 1.82) is 0 Å². The summed E-state index contributed by atoms with van der Waals surface area (Å²) >= 11 is 0. The molecule has 4 rings (SSSR count). The number of hydrazone groups is 1. The molecule has 2 heterocycles. The number of aromatic amines is 2. The van der Waals surface area contributed by atoms with Gasteiger partial charge in [-0.15, -0.1) is 0 Å². The molecule has 0 atom stereocenters. The number of fused-ring (bicyclic) bond motifs is 1. The Kier molecular flexibility index (Phi) is 4.40. The van der Waals surface area contributed by atoms with Crippen LogP contribution in [0.1, 0.15) is 16.1 Å². The van der Waals surface area contributed by atoms with Crippen molar-refractivity contribution in [3.05, 3.63) is 72.1 Å². The molecule has 0 aliphatic rings. The number of nitrogens with zero attached hydrogens (tertiary/aromatic N) is 2. The van der Waals surface area contributed by atoms with Gasteiger partial charge in [-0.2, -0.15) is 10.2 Å². The van der Waals surface area contributed by atoms with Crippen LogP contribution in [0.3, 0.4) is 0 Å². The van der Waals surface area contributed by atoms with E-state index < -0.39 is 0 Å². The number of aromatic nitrogens is 3. The van der Waals surface area contributed by atoms with E-state index in [-0.39, 0.29) is 5.91 Å². The molecule has 7 nitrogen and oxygen atoms in total. The largest absolute Gasteiger partial charge is 0.497 e. The van der Waals surface area contributed by atoms with Crippen molar-refractivity contribution in [2.75, 3.05) is 7.11 Å². The molecular formula is C20H17N5O2. The third-order valence-corrected chi connectivity index (χ3v) is 4.20. The summed E-state index contributed by atoms with van der Waals surface area (Å²) in [4.78, 5) is 15.4. The minimum Gasteiger partial charge on any atom is -0.497 e. The van der Waals surface area contributed by atoms with Crippen LogP contribution < -0.4 is 10.2 Å². The van der Waals surface area contributed by atoms with Crippen molar-refractivity contribution in [2.45, 2.75) is 0 Å². The van der Waals surface area contributed by atoms with Crippen molar-refractivity contribution in [3.8, 4) is 17.0 Å². The van der Waals surface area contributed by atoms with E-state index in [0.717, 1.165) is 27.8 Å². The summed E-state index contributed by atoms with van der Waals surface area (Å²) < 4.78 is 5.14. The summed E-state index contributed by atoms with van der Waals surface area (Å²) in [6.45, 7) is 0. The van der Waals surface area contributed by atoms with Crippen LogP contribution in [0.25, 0.3) is 22.2 Å². The number of amides is 1. The van der Waals surface area contributed by atoms with Gasteiger partial charge in [-0.25, -0.2) is 5.43 Å². The summed E-state index contributed by atoms with van der Waals surface area (Å²) in [7, 11) is 1.61. The highest BCUT2D eigenvalue weighted by Gasteiger charge is 2.10. The van der Waals surface area contributed by atoms with Crippen LogP contribution >= 0.6 is 0 Å². The second kappa shape index (κ2) is 7.17. The Labute approximate surface area is 155 Å². The lowest BCUT2D eigenvalue weighted by atomic mass is 10.1. The SMILES string of the molecule is COc1ccc(-c2cc(C(=O)N/N=C\c3c[nH]c4ccccc34)[nH]n2)cc1. The fourth-order valence-electron chi connectivity index (χ4n) is 2.77. The van der Waals surface area contributed by atoms with E-state index in [1.165, 1.54) is 0 Å². The van der Waals surface area contributed by atoms with Gasteiger partial charge in [0, 0.05) is 28.2 Å². The number of hydrogen-bond acceptors (Lipinski definition) is 4. The molecule has 134 valence electrons.